The van der Waals surface area contributed by atoms with E-state index in [1.807, 2.05) is 33.0 Å². The van der Waals surface area contributed by atoms with Crippen LogP contribution in [0.1, 0.15) is 21.8 Å². The first kappa shape index (κ1) is 17.0. The molecular formula is C15H23N5O3. The first-order chi connectivity index (χ1) is 10.9. The SMILES string of the molecule is COCCNC(=O)c1c(-c2c(C)nn(C)c2N(C)C)noc1C. The maximum atomic E-state index is 12.5. The van der Waals surface area contributed by atoms with Gasteiger partial charge in [0.05, 0.1) is 17.9 Å². The number of aryl methyl sites for hydroxylation is 3. The third-order valence-electron chi connectivity index (χ3n) is 3.53. The van der Waals surface area contributed by atoms with Crippen LogP contribution in [0.3, 0.4) is 0 Å². The van der Waals surface area contributed by atoms with E-state index in [9.17, 15) is 4.79 Å². The van der Waals surface area contributed by atoms with Crippen molar-refractivity contribution in [1.82, 2.24) is 20.3 Å². The zero-order valence-electron chi connectivity index (χ0n) is 14.4. The fraction of sp³-hybridized carbons (Fsp3) is 0.533. The number of ether oxygens (including phenoxy) is 1. The zero-order chi connectivity index (χ0) is 17.1. The highest BCUT2D eigenvalue weighted by atomic mass is 16.5. The number of hydrogen-bond acceptors (Lipinski definition) is 6. The van der Waals surface area contributed by atoms with Gasteiger partial charge < -0.3 is 19.5 Å². The van der Waals surface area contributed by atoms with Gasteiger partial charge in [-0.1, -0.05) is 5.16 Å². The van der Waals surface area contributed by atoms with E-state index in [4.69, 9.17) is 9.26 Å². The highest BCUT2D eigenvalue weighted by molar-refractivity contribution is 6.02. The Balaban J connectivity index is 2.49. The minimum absolute atomic E-state index is 0.233. The number of rotatable bonds is 6. The predicted molar refractivity (Wildman–Crippen MR) is 86.7 cm³/mol. The molecule has 2 aromatic rings. The van der Waals surface area contributed by atoms with Crippen molar-refractivity contribution in [1.29, 1.82) is 0 Å². The Morgan fingerprint density at radius 3 is 2.70 bits per heavy atom. The van der Waals surface area contributed by atoms with E-state index in [0.717, 1.165) is 17.1 Å². The molecular weight excluding hydrogens is 298 g/mol. The minimum atomic E-state index is -0.233. The largest absolute Gasteiger partial charge is 0.383 e. The summed E-state index contributed by atoms with van der Waals surface area (Å²) in [7, 11) is 7.29. The Labute approximate surface area is 135 Å². The number of nitrogens with one attached hydrogen (secondary N) is 1. The summed E-state index contributed by atoms with van der Waals surface area (Å²) in [6, 6.07) is 0. The van der Waals surface area contributed by atoms with E-state index in [1.54, 1.807) is 18.7 Å². The number of hydrogen-bond donors (Lipinski definition) is 1. The van der Waals surface area contributed by atoms with Crippen LogP contribution in [0.25, 0.3) is 11.3 Å². The number of nitrogens with zero attached hydrogens (tertiary/aromatic N) is 4. The highest BCUT2D eigenvalue weighted by Gasteiger charge is 2.27. The van der Waals surface area contributed by atoms with Crippen molar-refractivity contribution in [2.45, 2.75) is 13.8 Å². The lowest BCUT2D eigenvalue weighted by Gasteiger charge is -2.14. The highest BCUT2D eigenvalue weighted by Crippen LogP contribution is 2.35. The topological polar surface area (TPSA) is 85.4 Å². The standard InChI is InChI=1S/C15H23N5O3/c1-9-11(15(19(3)4)20(5)17-9)13-12(10(2)23-18-13)14(21)16-7-8-22-6/h7-8H2,1-6H3,(H,16,21). The average molecular weight is 321 g/mol. The fourth-order valence-electron chi connectivity index (χ4n) is 2.60. The van der Waals surface area contributed by atoms with Crippen molar-refractivity contribution in [2.24, 2.45) is 7.05 Å². The zero-order valence-corrected chi connectivity index (χ0v) is 14.4. The van der Waals surface area contributed by atoms with E-state index in [1.165, 1.54) is 0 Å². The summed E-state index contributed by atoms with van der Waals surface area (Å²) in [5.74, 6) is 1.10. The van der Waals surface area contributed by atoms with Gasteiger partial charge in [0.1, 0.15) is 22.8 Å². The van der Waals surface area contributed by atoms with Crippen LogP contribution in [0, 0.1) is 13.8 Å². The number of methoxy groups -OCH3 is 1. The number of amides is 1. The van der Waals surface area contributed by atoms with E-state index in [-0.39, 0.29) is 5.91 Å². The molecule has 8 nitrogen and oxygen atoms in total. The molecule has 0 spiro atoms. The van der Waals surface area contributed by atoms with Crippen LogP contribution >= 0.6 is 0 Å². The lowest BCUT2D eigenvalue weighted by molar-refractivity contribution is 0.0936. The van der Waals surface area contributed by atoms with Gasteiger partial charge in [0, 0.05) is 34.8 Å². The summed E-state index contributed by atoms with van der Waals surface area (Å²) in [6.07, 6.45) is 0. The number of carbonyl (C=O) groups excluding carboxylic acids is 1. The van der Waals surface area contributed by atoms with Crippen LogP contribution in [-0.4, -0.2) is 55.2 Å². The first-order valence-corrected chi connectivity index (χ1v) is 7.33. The summed E-state index contributed by atoms with van der Waals surface area (Å²) >= 11 is 0. The molecule has 0 saturated heterocycles. The van der Waals surface area contributed by atoms with Gasteiger partial charge in [0.2, 0.25) is 0 Å². The lowest BCUT2D eigenvalue weighted by Crippen LogP contribution is -2.27. The maximum Gasteiger partial charge on any atom is 0.257 e. The second-order valence-corrected chi connectivity index (χ2v) is 5.51. The normalized spacial score (nSPS) is 10.9. The number of anilines is 1. The van der Waals surface area contributed by atoms with Crippen LogP contribution in [-0.2, 0) is 11.8 Å². The average Bonchev–Trinajstić information content (AvgIpc) is 2.98. The van der Waals surface area contributed by atoms with Crippen molar-refractivity contribution in [3.63, 3.8) is 0 Å². The maximum absolute atomic E-state index is 12.5. The minimum Gasteiger partial charge on any atom is -0.383 e. The van der Waals surface area contributed by atoms with E-state index >= 15 is 0 Å². The summed E-state index contributed by atoms with van der Waals surface area (Å²) < 4.78 is 12.0. The summed E-state index contributed by atoms with van der Waals surface area (Å²) in [5.41, 5.74) is 2.52. The Morgan fingerprint density at radius 1 is 1.39 bits per heavy atom. The Bertz CT molecular complexity index is 702. The van der Waals surface area contributed by atoms with Gasteiger partial charge in [-0.05, 0) is 13.8 Å². The van der Waals surface area contributed by atoms with Gasteiger partial charge in [-0.3, -0.25) is 9.48 Å². The molecule has 23 heavy (non-hydrogen) atoms. The van der Waals surface area contributed by atoms with Gasteiger partial charge in [-0.15, -0.1) is 0 Å². The Hall–Kier alpha value is -2.35. The van der Waals surface area contributed by atoms with Crippen molar-refractivity contribution < 1.29 is 14.1 Å². The van der Waals surface area contributed by atoms with Crippen LogP contribution in [0.4, 0.5) is 5.82 Å². The molecule has 8 heteroatoms. The lowest BCUT2D eigenvalue weighted by atomic mass is 10.1. The third-order valence-corrected chi connectivity index (χ3v) is 3.53. The molecule has 2 aromatic heterocycles. The third kappa shape index (κ3) is 3.21. The molecule has 0 aliphatic rings. The molecule has 0 atom stereocenters. The summed E-state index contributed by atoms with van der Waals surface area (Å²) in [4.78, 5) is 14.4. The van der Waals surface area contributed by atoms with Crippen LogP contribution in [0.5, 0.6) is 0 Å². The van der Waals surface area contributed by atoms with Crippen molar-refractivity contribution in [2.75, 3.05) is 39.3 Å². The van der Waals surface area contributed by atoms with E-state index in [2.05, 4.69) is 15.6 Å². The molecule has 0 aromatic carbocycles. The van der Waals surface area contributed by atoms with Crippen LogP contribution in [0.15, 0.2) is 4.52 Å². The molecule has 1 N–H and O–H groups in total. The van der Waals surface area contributed by atoms with Gasteiger partial charge >= 0.3 is 0 Å². The van der Waals surface area contributed by atoms with Crippen molar-refractivity contribution >= 4 is 11.7 Å². The van der Waals surface area contributed by atoms with Gasteiger partial charge in [-0.2, -0.15) is 5.10 Å². The number of carbonyl (C=O) groups is 1. The Kier molecular flexibility index (Phi) is 5.05. The second kappa shape index (κ2) is 6.82. The summed E-state index contributed by atoms with van der Waals surface area (Å²) in [6.45, 7) is 4.48. The number of aromatic nitrogens is 3. The van der Waals surface area contributed by atoms with Crippen molar-refractivity contribution in [3.8, 4) is 11.3 Å². The smallest absolute Gasteiger partial charge is 0.257 e. The quantitative estimate of drug-likeness (QED) is 0.803. The first-order valence-electron chi connectivity index (χ1n) is 7.33. The molecule has 0 bridgehead atoms. The fourth-order valence-corrected chi connectivity index (χ4v) is 2.60. The van der Waals surface area contributed by atoms with Crippen LogP contribution in [0.2, 0.25) is 0 Å². The van der Waals surface area contributed by atoms with E-state index in [0.29, 0.717) is 30.2 Å². The van der Waals surface area contributed by atoms with Crippen LogP contribution < -0.4 is 10.2 Å². The van der Waals surface area contributed by atoms with Gasteiger partial charge in [-0.25, -0.2) is 0 Å². The molecule has 0 saturated carbocycles. The molecule has 126 valence electrons. The molecule has 0 aliphatic carbocycles. The molecule has 2 rings (SSSR count). The predicted octanol–water partition coefficient (Wildman–Crippen LogP) is 1.13. The van der Waals surface area contributed by atoms with Gasteiger partial charge in [0.15, 0.2) is 0 Å². The van der Waals surface area contributed by atoms with E-state index < -0.39 is 0 Å². The molecule has 0 unspecified atom stereocenters. The molecule has 0 radical (unpaired) electrons. The Morgan fingerprint density at radius 2 is 2.09 bits per heavy atom. The monoisotopic (exact) mass is 321 g/mol. The molecule has 2 heterocycles. The second-order valence-electron chi connectivity index (χ2n) is 5.51. The van der Waals surface area contributed by atoms with Crippen molar-refractivity contribution in [3.05, 3.63) is 17.0 Å². The molecule has 1 amide bonds. The molecule has 0 fully saturated rings. The van der Waals surface area contributed by atoms with Gasteiger partial charge in [0.25, 0.3) is 5.91 Å². The summed E-state index contributed by atoms with van der Waals surface area (Å²) in [5, 5.41) is 11.3. The molecule has 0 aliphatic heterocycles.